The fraction of sp³-hybridized carbons (Fsp3) is 0.400. The lowest BCUT2D eigenvalue weighted by molar-refractivity contribution is 0.795. The van der Waals surface area contributed by atoms with E-state index in [2.05, 4.69) is 12.1 Å². The van der Waals surface area contributed by atoms with Gasteiger partial charge in [0.2, 0.25) is 0 Å². The SMILES string of the molecule is CCCCc1cccc(N=O)c1. The molecular weight excluding hydrogens is 150 g/mol. The van der Waals surface area contributed by atoms with Crippen LogP contribution in [0.25, 0.3) is 0 Å². The second-order valence-corrected chi connectivity index (χ2v) is 2.86. The third-order valence-corrected chi connectivity index (χ3v) is 1.83. The molecule has 0 amide bonds. The van der Waals surface area contributed by atoms with Crippen LogP contribution in [-0.4, -0.2) is 0 Å². The van der Waals surface area contributed by atoms with E-state index < -0.39 is 0 Å². The lowest BCUT2D eigenvalue weighted by atomic mass is 10.1. The maximum absolute atomic E-state index is 10.2. The van der Waals surface area contributed by atoms with Gasteiger partial charge in [-0.25, -0.2) is 0 Å². The summed E-state index contributed by atoms with van der Waals surface area (Å²) in [7, 11) is 0. The molecule has 2 nitrogen and oxygen atoms in total. The maximum Gasteiger partial charge on any atom is 0.108 e. The Labute approximate surface area is 72.6 Å². The number of unbranched alkanes of at least 4 members (excludes halogenated alkanes) is 1. The van der Waals surface area contributed by atoms with E-state index in [0.29, 0.717) is 5.69 Å². The molecule has 0 aliphatic rings. The van der Waals surface area contributed by atoms with Crippen LogP contribution in [0, 0.1) is 4.91 Å². The molecule has 64 valence electrons. The molecule has 2 heteroatoms. The van der Waals surface area contributed by atoms with Crippen molar-refractivity contribution in [3.05, 3.63) is 34.7 Å². The van der Waals surface area contributed by atoms with E-state index in [1.54, 1.807) is 6.07 Å². The first kappa shape index (κ1) is 8.91. The van der Waals surface area contributed by atoms with Crippen molar-refractivity contribution < 1.29 is 0 Å². The smallest absolute Gasteiger partial charge is 0.108 e. The van der Waals surface area contributed by atoms with Crippen molar-refractivity contribution >= 4 is 5.69 Å². The number of nitroso groups, excluding NO2 is 1. The highest BCUT2D eigenvalue weighted by Gasteiger charge is 1.94. The molecule has 0 saturated carbocycles. The van der Waals surface area contributed by atoms with E-state index in [1.807, 2.05) is 18.2 Å². The Morgan fingerprint density at radius 1 is 1.42 bits per heavy atom. The summed E-state index contributed by atoms with van der Waals surface area (Å²) in [4.78, 5) is 10.2. The maximum atomic E-state index is 10.2. The summed E-state index contributed by atoms with van der Waals surface area (Å²) in [6, 6.07) is 7.48. The molecule has 0 fully saturated rings. The van der Waals surface area contributed by atoms with Crippen molar-refractivity contribution in [3.63, 3.8) is 0 Å². The Balaban J connectivity index is 2.66. The number of rotatable bonds is 4. The molecule has 0 N–H and O–H groups in total. The van der Waals surface area contributed by atoms with E-state index in [1.165, 1.54) is 18.4 Å². The van der Waals surface area contributed by atoms with Crippen LogP contribution in [0.3, 0.4) is 0 Å². The minimum Gasteiger partial charge on any atom is -0.145 e. The molecule has 0 spiro atoms. The number of benzene rings is 1. The average Bonchev–Trinajstić information content (AvgIpc) is 2.15. The average molecular weight is 163 g/mol. The highest BCUT2D eigenvalue weighted by molar-refractivity contribution is 5.39. The molecule has 0 atom stereocenters. The molecule has 12 heavy (non-hydrogen) atoms. The summed E-state index contributed by atoms with van der Waals surface area (Å²) in [6.45, 7) is 2.15. The number of hydrogen-bond donors (Lipinski definition) is 0. The van der Waals surface area contributed by atoms with Crippen LogP contribution in [0.15, 0.2) is 29.4 Å². The minimum atomic E-state index is 0.531. The Bertz CT molecular complexity index is 258. The Morgan fingerprint density at radius 2 is 2.25 bits per heavy atom. The number of nitrogens with zero attached hydrogens (tertiary/aromatic N) is 1. The molecule has 0 aromatic heterocycles. The van der Waals surface area contributed by atoms with Crippen molar-refractivity contribution in [2.45, 2.75) is 26.2 Å². The van der Waals surface area contributed by atoms with Gasteiger partial charge in [-0.05, 0) is 35.7 Å². The molecular formula is C10H13NO. The van der Waals surface area contributed by atoms with Gasteiger partial charge in [-0.2, -0.15) is 0 Å². The number of hydrogen-bond acceptors (Lipinski definition) is 2. The fourth-order valence-corrected chi connectivity index (χ4v) is 1.15. The molecule has 1 aromatic rings. The summed E-state index contributed by atoms with van der Waals surface area (Å²) in [5.74, 6) is 0. The lowest BCUT2D eigenvalue weighted by Gasteiger charge is -1.98. The number of aryl methyl sites for hydroxylation is 1. The zero-order chi connectivity index (χ0) is 8.81. The van der Waals surface area contributed by atoms with Crippen molar-refractivity contribution in [1.29, 1.82) is 0 Å². The molecule has 1 rings (SSSR count). The van der Waals surface area contributed by atoms with E-state index in [0.717, 1.165) is 6.42 Å². The van der Waals surface area contributed by atoms with Gasteiger partial charge in [0.25, 0.3) is 0 Å². The van der Waals surface area contributed by atoms with Gasteiger partial charge in [0, 0.05) is 0 Å². The van der Waals surface area contributed by atoms with E-state index >= 15 is 0 Å². The summed E-state index contributed by atoms with van der Waals surface area (Å²) in [5, 5.41) is 2.89. The van der Waals surface area contributed by atoms with Crippen LogP contribution in [-0.2, 0) is 6.42 Å². The van der Waals surface area contributed by atoms with E-state index in [4.69, 9.17) is 0 Å². The minimum absolute atomic E-state index is 0.531. The summed E-state index contributed by atoms with van der Waals surface area (Å²) < 4.78 is 0. The molecule has 0 saturated heterocycles. The zero-order valence-corrected chi connectivity index (χ0v) is 7.29. The molecule has 0 radical (unpaired) electrons. The summed E-state index contributed by atoms with van der Waals surface area (Å²) in [5.41, 5.74) is 1.73. The van der Waals surface area contributed by atoms with Gasteiger partial charge in [0.15, 0.2) is 0 Å². The second kappa shape index (κ2) is 4.65. The highest BCUT2D eigenvalue weighted by Crippen LogP contribution is 2.14. The standard InChI is InChI=1S/C10H13NO/c1-2-3-5-9-6-4-7-10(8-9)11-12/h4,6-8H,2-3,5H2,1H3. The van der Waals surface area contributed by atoms with Crippen LogP contribution in [0.4, 0.5) is 5.69 Å². The van der Waals surface area contributed by atoms with Gasteiger partial charge >= 0.3 is 0 Å². The van der Waals surface area contributed by atoms with Gasteiger partial charge in [-0.3, -0.25) is 0 Å². The molecule has 0 bridgehead atoms. The fourth-order valence-electron chi connectivity index (χ4n) is 1.15. The van der Waals surface area contributed by atoms with Crippen LogP contribution in [0.1, 0.15) is 25.3 Å². The van der Waals surface area contributed by atoms with Gasteiger partial charge < -0.3 is 0 Å². The van der Waals surface area contributed by atoms with Crippen molar-refractivity contribution in [2.75, 3.05) is 0 Å². The lowest BCUT2D eigenvalue weighted by Crippen LogP contribution is -1.82. The predicted octanol–water partition coefficient (Wildman–Crippen LogP) is 3.43. The summed E-state index contributed by atoms with van der Waals surface area (Å²) >= 11 is 0. The quantitative estimate of drug-likeness (QED) is 0.625. The summed E-state index contributed by atoms with van der Waals surface area (Å²) in [6.07, 6.45) is 3.39. The van der Waals surface area contributed by atoms with Gasteiger partial charge in [0.05, 0.1) is 0 Å². The first-order chi connectivity index (χ1) is 5.86. The topological polar surface area (TPSA) is 29.4 Å². The molecule has 0 unspecified atom stereocenters. The van der Waals surface area contributed by atoms with Crippen LogP contribution < -0.4 is 0 Å². The van der Waals surface area contributed by atoms with Crippen LogP contribution in [0.2, 0.25) is 0 Å². The second-order valence-electron chi connectivity index (χ2n) is 2.86. The first-order valence-electron chi connectivity index (χ1n) is 4.29. The molecule has 0 heterocycles. The van der Waals surface area contributed by atoms with E-state index in [9.17, 15) is 4.91 Å². The third-order valence-electron chi connectivity index (χ3n) is 1.83. The Morgan fingerprint density at radius 3 is 2.92 bits per heavy atom. The Kier molecular flexibility index (Phi) is 3.45. The molecule has 1 aromatic carbocycles. The van der Waals surface area contributed by atoms with Crippen LogP contribution >= 0.6 is 0 Å². The molecule has 0 aliphatic carbocycles. The highest BCUT2D eigenvalue weighted by atomic mass is 16.3. The third kappa shape index (κ3) is 2.46. The largest absolute Gasteiger partial charge is 0.145 e. The van der Waals surface area contributed by atoms with Crippen molar-refractivity contribution in [2.24, 2.45) is 5.18 Å². The van der Waals surface area contributed by atoms with Crippen molar-refractivity contribution in [1.82, 2.24) is 0 Å². The Hall–Kier alpha value is -1.18. The van der Waals surface area contributed by atoms with Gasteiger partial charge in [-0.15, -0.1) is 4.91 Å². The van der Waals surface area contributed by atoms with Gasteiger partial charge in [0.1, 0.15) is 5.69 Å². The first-order valence-corrected chi connectivity index (χ1v) is 4.29. The van der Waals surface area contributed by atoms with Gasteiger partial charge in [-0.1, -0.05) is 25.5 Å². The van der Waals surface area contributed by atoms with Crippen LogP contribution in [0.5, 0.6) is 0 Å². The molecule has 0 aliphatic heterocycles. The van der Waals surface area contributed by atoms with E-state index in [-0.39, 0.29) is 0 Å². The predicted molar refractivity (Wildman–Crippen MR) is 50.5 cm³/mol. The monoisotopic (exact) mass is 163 g/mol. The van der Waals surface area contributed by atoms with Crippen molar-refractivity contribution in [3.8, 4) is 0 Å². The zero-order valence-electron chi connectivity index (χ0n) is 7.29. The normalized spacial score (nSPS) is 9.75.